The fourth-order valence-corrected chi connectivity index (χ4v) is 3.56. The maximum absolute atomic E-state index is 13.3. The van der Waals surface area contributed by atoms with Gasteiger partial charge in [-0.15, -0.1) is 0 Å². The fraction of sp³-hybridized carbons (Fsp3) is 0.600. The Morgan fingerprint density at radius 1 is 1.23 bits per heavy atom. The summed E-state index contributed by atoms with van der Waals surface area (Å²) >= 11 is 5.81. The number of halogens is 2. The summed E-state index contributed by atoms with van der Waals surface area (Å²) in [7, 11) is -2.53. The van der Waals surface area contributed by atoms with Crippen LogP contribution in [0.5, 0.6) is 5.75 Å². The molecule has 1 aromatic rings. The van der Waals surface area contributed by atoms with E-state index >= 15 is 0 Å². The maximum atomic E-state index is 13.3. The van der Waals surface area contributed by atoms with Crippen LogP contribution in [0.4, 0.5) is 4.39 Å². The van der Waals surface area contributed by atoms with E-state index in [0.29, 0.717) is 35.8 Å². The first-order valence-corrected chi connectivity index (χ1v) is 9.07. The summed E-state index contributed by atoms with van der Waals surface area (Å²) in [4.78, 5) is 0. The van der Waals surface area contributed by atoms with Crippen LogP contribution in [0.1, 0.15) is 32.1 Å². The molecule has 0 aliphatic heterocycles. The fourth-order valence-electron chi connectivity index (χ4n) is 3.04. The largest absolute Gasteiger partial charge is 0.493 e. The van der Waals surface area contributed by atoms with Crippen molar-refractivity contribution in [2.75, 3.05) is 13.2 Å². The third-order valence-electron chi connectivity index (χ3n) is 4.12. The predicted octanol–water partition coefficient (Wildman–Crippen LogP) is 3.17. The van der Waals surface area contributed by atoms with Crippen LogP contribution in [-0.4, -0.2) is 21.6 Å². The Kier molecular flexibility index (Phi) is 6.92. The molecule has 7 heteroatoms. The molecule has 0 bridgehead atoms. The first-order chi connectivity index (χ1) is 10.5. The second kappa shape index (κ2) is 8.70. The van der Waals surface area contributed by atoms with Gasteiger partial charge in [0.1, 0.15) is 11.6 Å². The first kappa shape index (κ1) is 17.5. The zero-order valence-electron chi connectivity index (χ0n) is 12.3. The molecule has 1 aliphatic rings. The van der Waals surface area contributed by atoms with Gasteiger partial charge in [-0.25, -0.2) is 17.5 Å². The molecule has 1 N–H and O–H groups in total. The summed E-state index contributed by atoms with van der Waals surface area (Å²) in [5, 5.41) is 0.318. The van der Waals surface area contributed by atoms with Gasteiger partial charge in [-0.1, -0.05) is 30.9 Å². The standard InChI is InChI=1S/C15H21ClFNO3S/c16-13-7-14(17)9-15(8-13)21-10-12-4-2-1-3-11(12)5-6-18-22(19)20/h7-9,11-12,22H,1-6,10H2,(H,18,19,20). The van der Waals surface area contributed by atoms with Gasteiger partial charge >= 0.3 is 0 Å². The molecular formula is C15H21ClFNO3S. The highest BCUT2D eigenvalue weighted by Crippen LogP contribution is 2.33. The maximum Gasteiger partial charge on any atom is 0.201 e. The monoisotopic (exact) mass is 349 g/mol. The van der Waals surface area contributed by atoms with E-state index in [0.717, 1.165) is 32.1 Å². The number of ether oxygens (including phenoxy) is 1. The van der Waals surface area contributed by atoms with Gasteiger partial charge in [0.15, 0.2) is 0 Å². The van der Waals surface area contributed by atoms with E-state index in [9.17, 15) is 12.8 Å². The van der Waals surface area contributed by atoms with Crippen LogP contribution in [0.15, 0.2) is 18.2 Å². The van der Waals surface area contributed by atoms with Gasteiger partial charge in [0, 0.05) is 17.6 Å². The van der Waals surface area contributed by atoms with Gasteiger partial charge in [-0.3, -0.25) is 0 Å². The summed E-state index contributed by atoms with van der Waals surface area (Å²) in [5.74, 6) is 0.823. The highest BCUT2D eigenvalue weighted by atomic mass is 35.5. The van der Waals surface area contributed by atoms with Crippen molar-refractivity contribution >= 4 is 22.5 Å². The Balaban J connectivity index is 1.87. The van der Waals surface area contributed by atoms with Crippen LogP contribution in [-0.2, 0) is 10.9 Å². The molecule has 22 heavy (non-hydrogen) atoms. The zero-order chi connectivity index (χ0) is 15.9. The Morgan fingerprint density at radius 2 is 1.95 bits per heavy atom. The van der Waals surface area contributed by atoms with Crippen LogP contribution in [0.3, 0.4) is 0 Å². The number of nitrogens with one attached hydrogen (secondary N) is 1. The lowest BCUT2D eigenvalue weighted by Gasteiger charge is -2.31. The summed E-state index contributed by atoms with van der Waals surface area (Å²) in [6, 6.07) is 4.17. The third kappa shape index (κ3) is 5.74. The smallest absolute Gasteiger partial charge is 0.201 e. The first-order valence-electron chi connectivity index (χ1n) is 7.51. The molecule has 2 unspecified atom stereocenters. The van der Waals surface area contributed by atoms with Gasteiger partial charge < -0.3 is 4.74 Å². The van der Waals surface area contributed by atoms with Crippen LogP contribution >= 0.6 is 11.6 Å². The minimum atomic E-state index is -2.53. The van der Waals surface area contributed by atoms with E-state index in [1.54, 1.807) is 6.07 Å². The van der Waals surface area contributed by atoms with Gasteiger partial charge in [-0.2, -0.15) is 0 Å². The Morgan fingerprint density at radius 3 is 2.64 bits per heavy atom. The molecule has 0 aromatic heterocycles. The molecule has 2 atom stereocenters. The van der Waals surface area contributed by atoms with Crippen molar-refractivity contribution in [2.45, 2.75) is 32.1 Å². The van der Waals surface area contributed by atoms with Crippen molar-refractivity contribution in [2.24, 2.45) is 11.8 Å². The lowest BCUT2D eigenvalue weighted by molar-refractivity contribution is 0.143. The molecule has 1 fully saturated rings. The van der Waals surface area contributed by atoms with E-state index in [4.69, 9.17) is 16.3 Å². The molecule has 0 radical (unpaired) electrons. The molecule has 124 valence electrons. The van der Waals surface area contributed by atoms with E-state index in [1.807, 2.05) is 0 Å². The summed E-state index contributed by atoms with van der Waals surface area (Å²) in [5.41, 5.74) is 0. The van der Waals surface area contributed by atoms with Gasteiger partial charge in [-0.05, 0) is 36.8 Å². The van der Waals surface area contributed by atoms with Crippen molar-refractivity contribution in [1.82, 2.24) is 4.72 Å². The minimum absolute atomic E-state index is 0.318. The SMILES string of the molecule is O=[SH](=O)NCCC1CCCCC1COc1cc(F)cc(Cl)c1. The molecular weight excluding hydrogens is 329 g/mol. The topological polar surface area (TPSA) is 55.4 Å². The van der Waals surface area contributed by atoms with Crippen molar-refractivity contribution < 1.29 is 17.5 Å². The van der Waals surface area contributed by atoms with Crippen molar-refractivity contribution in [1.29, 1.82) is 0 Å². The number of hydrogen-bond acceptors (Lipinski definition) is 3. The quantitative estimate of drug-likeness (QED) is 0.743. The lowest BCUT2D eigenvalue weighted by Crippen LogP contribution is -2.28. The Hall–Kier alpha value is -0.850. The predicted molar refractivity (Wildman–Crippen MR) is 85.3 cm³/mol. The van der Waals surface area contributed by atoms with Crippen molar-refractivity contribution in [3.8, 4) is 5.75 Å². The van der Waals surface area contributed by atoms with Crippen molar-refractivity contribution in [3.05, 3.63) is 29.0 Å². The zero-order valence-corrected chi connectivity index (χ0v) is 13.9. The minimum Gasteiger partial charge on any atom is -0.493 e. The molecule has 1 aromatic carbocycles. The Bertz CT molecular complexity index is 539. The average molecular weight is 350 g/mol. The molecule has 0 amide bonds. The lowest BCUT2D eigenvalue weighted by atomic mass is 9.78. The van der Waals surface area contributed by atoms with Crippen molar-refractivity contribution in [3.63, 3.8) is 0 Å². The molecule has 0 spiro atoms. The number of hydrogen-bond donors (Lipinski definition) is 2. The number of thiol groups is 1. The van der Waals surface area contributed by atoms with Crippen LogP contribution in [0.25, 0.3) is 0 Å². The van der Waals surface area contributed by atoms with E-state index in [-0.39, 0.29) is 0 Å². The van der Waals surface area contributed by atoms with Crippen LogP contribution < -0.4 is 9.46 Å². The molecule has 2 rings (SSSR count). The van der Waals surface area contributed by atoms with Gasteiger partial charge in [0.2, 0.25) is 10.9 Å². The third-order valence-corrected chi connectivity index (χ3v) is 4.82. The Labute approximate surface area is 137 Å². The van der Waals surface area contributed by atoms with Gasteiger partial charge in [0.05, 0.1) is 6.61 Å². The molecule has 0 heterocycles. The number of benzene rings is 1. The summed E-state index contributed by atoms with van der Waals surface area (Å²) in [6.45, 7) is 0.972. The van der Waals surface area contributed by atoms with E-state index in [2.05, 4.69) is 4.72 Å². The molecule has 0 saturated heterocycles. The number of rotatable bonds is 7. The summed E-state index contributed by atoms with van der Waals surface area (Å²) < 4.78 is 42.5. The second-order valence-electron chi connectivity index (χ2n) is 5.67. The van der Waals surface area contributed by atoms with Crippen LogP contribution in [0.2, 0.25) is 5.02 Å². The molecule has 1 saturated carbocycles. The van der Waals surface area contributed by atoms with Crippen LogP contribution in [0, 0.1) is 17.7 Å². The second-order valence-corrected chi connectivity index (χ2v) is 6.94. The highest BCUT2D eigenvalue weighted by molar-refractivity contribution is 7.70. The highest BCUT2D eigenvalue weighted by Gasteiger charge is 2.25. The normalized spacial score (nSPS) is 22.0. The molecule has 1 aliphatic carbocycles. The van der Waals surface area contributed by atoms with E-state index < -0.39 is 16.7 Å². The van der Waals surface area contributed by atoms with Gasteiger partial charge in [0.25, 0.3) is 0 Å². The summed E-state index contributed by atoms with van der Waals surface area (Å²) in [6.07, 6.45) is 5.25. The van der Waals surface area contributed by atoms with E-state index in [1.165, 1.54) is 12.1 Å². The molecule has 4 nitrogen and oxygen atoms in total. The average Bonchev–Trinajstić information content (AvgIpc) is 2.45.